The molecule has 148 valence electrons. The number of nitrogens with zero attached hydrogens (tertiary/aromatic N) is 2. The summed E-state index contributed by atoms with van der Waals surface area (Å²) in [6, 6.07) is 13.9. The van der Waals surface area contributed by atoms with E-state index in [1.54, 1.807) is 43.3 Å². The lowest BCUT2D eigenvalue weighted by Gasteiger charge is -2.10. The Morgan fingerprint density at radius 2 is 1.90 bits per heavy atom. The van der Waals surface area contributed by atoms with Crippen LogP contribution in [-0.4, -0.2) is 35.8 Å². The molecule has 0 saturated carbocycles. The number of amides is 2. The van der Waals surface area contributed by atoms with Gasteiger partial charge in [-0.2, -0.15) is 5.10 Å². The van der Waals surface area contributed by atoms with Crippen LogP contribution in [0.2, 0.25) is 0 Å². The van der Waals surface area contributed by atoms with Crippen molar-refractivity contribution < 1.29 is 19.1 Å². The van der Waals surface area contributed by atoms with Crippen molar-refractivity contribution >= 4 is 23.3 Å². The summed E-state index contributed by atoms with van der Waals surface area (Å²) in [6.07, 6.45) is 1.65. The Morgan fingerprint density at radius 1 is 1.14 bits per heavy atom. The summed E-state index contributed by atoms with van der Waals surface area (Å²) in [6.45, 7) is 0. The Kier molecular flexibility index (Phi) is 4.90. The summed E-state index contributed by atoms with van der Waals surface area (Å²) in [7, 11) is 3.13. The fraction of sp³-hybridized carbons (Fsp3) is 0.190. The maximum Gasteiger partial charge on any atom is 0.251 e. The molecule has 0 saturated heterocycles. The number of hydrogen-bond donors (Lipinski definition) is 2. The highest BCUT2D eigenvalue weighted by Crippen LogP contribution is 2.39. The van der Waals surface area contributed by atoms with Gasteiger partial charge in [-0.15, -0.1) is 0 Å². The zero-order valence-corrected chi connectivity index (χ0v) is 16.0. The van der Waals surface area contributed by atoms with Crippen molar-refractivity contribution in [2.45, 2.75) is 12.5 Å². The van der Waals surface area contributed by atoms with Gasteiger partial charge in [-0.25, -0.2) is 4.68 Å². The number of ether oxygens (including phenoxy) is 2. The van der Waals surface area contributed by atoms with E-state index in [1.807, 2.05) is 30.3 Å². The predicted octanol–water partition coefficient (Wildman–Crippen LogP) is 3.09. The number of benzene rings is 2. The molecule has 0 spiro atoms. The summed E-state index contributed by atoms with van der Waals surface area (Å²) in [5.41, 5.74) is 2.24. The van der Waals surface area contributed by atoms with Crippen LogP contribution in [0.25, 0.3) is 11.1 Å². The lowest BCUT2D eigenvalue weighted by atomic mass is 10.1. The van der Waals surface area contributed by atoms with Crippen LogP contribution in [0.1, 0.15) is 12.5 Å². The molecule has 0 fully saturated rings. The molecule has 1 atom stereocenters. The van der Waals surface area contributed by atoms with Crippen LogP contribution in [0, 0.1) is 0 Å². The van der Waals surface area contributed by atoms with Gasteiger partial charge in [-0.1, -0.05) is 24.3 Å². The Hall–Kier alpha value is -3.81. The smallest absolute Gasteiger partial charge is 0.251 e. The quantitative estimate of drug-likeness (QED) is 0.672. The molecule has 2 amide bonds. The molecule has 0 bridgehead atoms. The van der Waals surface area contributed by atoms with Gasteiger partial charge in [0.25, 0.3) is 5.91 Å². The fourth-order valence-corrected chi connectivity index (χ4v) is 3.34. The molecule has 8 heteroatoms. The van der Waals surface area contributed by atoms with Gasteiger partial charge in [-0.05, 0) is 29.8 Å². The number of anilines is 2. The average Bonchev–Trinajstić information content (AvgIpc) is 3.27. The largest absolute Gasteiger partial charge is 0.493 e. The molecular formula is C21H20N4O4. The Labute approximate surface area is 167 Å². The number of hydrogen-bond acceptors (Lipinski definition) is 5. The Balaban J connectivity index is 1.57. The van der Waals surface area contributed by atoms with Gasteiger partial charge in [0, 0.05) is 11.3 Å². The van der Waals surface area contributed by atoms with E-state index in [2.05, 4.69) is 15.7 Å². The number of fused-ring (bicyclic) bond motifs is 1. The van der Waals surface area contributed by atoms with Crippen LogP contribution in [0.15, 0.2) is 54.7 Å². The minimum atomic E-state index is -0.706. The topological polar surface area (TPSA) is 94.5 Å². The van der Waals surface area contributed by atoms with E-state index in [0.717, 1.165) is 11.1 Å². The van der Waals surface area contributed by atoms with Crippen molar-refractivity contribution in [3.05, 3.63) is 54.7 Å². The number of para-hydroxylation sites is 1. The first kappa shape index (κ1) is 18.5. The third-order valence-corrected chi connectivity index (χ3v) is 4.77. The molecule has 1 aromatic heterocycles. The lowest BCUT2D eigenvalue weighted by Crippen LogP contribution is -2.23. The molecule has 8 nitrogen and oxygen atoms in total. The van der Waals surface area contributed by atoms with Gasteiger partial charge in [0.2, 0.25) is 5.91 Å². The Morgan fingerprint density at radius 3 is 2.62 bits per heavy atom. The van der Waals surface area contributed by atoms with Gasteiger partial charge >= 0.3 is 0 Å². The van der Waals surface area contributed by atoms with E-state index in [4.69, 9.17) is 9.47 Å². The molecule has 1 unspecified atom stereocenters. The molecular weight excluding hydrogens is 372 g/mol. The van der Waals surface area contributed by atoms with E-state index in [0.29, 0.717) is 23.0 Å². The number of methoxy groups -OCH3 is 2. The molecule has 1 aliphatic heterocycles. The van der Waals surface area contributed by atoms with Crippen LogP contribution in [0.3, 0.4) is 0 Å². The second-order valence-corrected chi connectivity index (χ2v) is 6.54. The van der Waals surface area contributed by atoms with Gasteiger partial charge in [0.1, 0.15) is 11.9 Å². The minimum Gasteiger partial charge on any atom is -0.493 e. The van der Waals surface area contributed by atoms with E-state index in [1.165, 1.54) is 0 Å². The summed E-state index contributed by atoms with van der Waals surface area (Å²) >= 11 is 0. The maximum atomic E-state index is 12.5. The number of rotatable bonds is 6. The van der Waals surface area contributed by atoms with Crippen molar-refractivity contribution in [1.82, 2.24) is 9.78 Å². The minimum absolute atomic E-state index is 0.0131. The standard InChI is InChI=1S/C21H20N4O4/c1-28-17-9-8-13(10-18(17)29-2)15-12-22-25-16(21(27)24-20(15)25)11-19(26)23-14-6-4-3-5-7-14/h3-10,12,16H,11H2,1-2H3,(H,23,26)(H,24,27). The normalized spacial score (nSPS) is 14.8. The summed E-state index contributed by atoms with van der Waals surface area (Å²) in [4.78, 5) is 24.9. The van der Waals surface area contributed by atoms with Crippen LogP contribution in [-0.2, 0) is 9.59 Å². The summed E-state index contributed by atoms with van der Waals surface area (Å²) in [5.74, 6) is 1.22. The highest BCUT2D eigenvalue weighted by atomic mass is 16.5. The first-order valence-electron chi connectivity index (χ1n) is 9.06. The van der Waals surface area contributed by atoms with Crippen LogP contribution in [0.5, 0.6) is 11.5 Å². The van der Waals surface area contributed by atoms with Crippen molar-refractivity contribution in [1.29, 1.82) is 0 Å². The van der Waals surface area contributed by atoms with Crippen LogP contribution < -0.4 is 20.1 Å². The Bertz CT molecular complexity index is 1060. The van der Waals surface area contributed by atoms with Crippen molar-refractivity contribution in [3.63, 3.8) is 0 Å². The van der Waals surface area contributed by atoms with Crippen LogP contribution in [0.4, 0.5) is 11.5 Å². The van der Waals surface area contributed by atoms with Crippen LogP contribution >= 0.6 is 0 Å². The molecule has 2 heterocycles. The average molecular weight is 392 g/mol. The summed E-state index contributed by atoms with van der Waals surface area (Å²) in [5, 5.41) is 9.98. The van der Waals surface area contributed by atoms with Gasteiger partial charge in [-0.3, -0.25) is 9.59 Å². The molecule has 0 radical (unpaired) electrons. The number of carbonyl (C=O) groups is 2. The molecule has 2 aromatic carbocycles. The van der Waals surface area contributed by atoms with Gasteiger partial charge < -0.3 is 20.1 Å². The van der Waals surface area contributed by atoms with E-state index in [9.17, 15) is 9.59 Å². The summed E-state index contributed by atoms with van der Waals surface area (Å²) < 4.78 is 12.2. The van der Waals surface area contributed by atoms with Crippen molar-refractivity contribution in [2.24, 2.45) is 0 Å². The molecule has 3 aromatic rings. The van der Waals surface area contributed by atoms with Crippen molar-refractivity contribution in [2.75, 3.05) is 24.9 Å². The van der Waals surface area contributed by atoms with Crippen molar-refractivity contribution in [3.8, 4) is 22.6 Å². The molecule has 0 aliphatic carbocycles. The second kappa shape index (κ2) is 7.67. The molecule has 2 N–H and O–H groups in total. The number of nitrogens with one attached hydrogen (secondary N) is 2. The maximum absolute atomic E-state index is 12.5. The van der Waals surface area contributed by atoms with Gasteiger partial charge in [0.15, 0.2) is 11.5 Å². The highest BCUT2D eigenvalue weighted by Gasteiger charge is 2.35. The first-order chi connectivity index (χ1) is 14.1. The lowest BCUT2D eigenvalue weighted by molar-refractivity contribution is -0.123. The van der Waals surface area contributed by atoms with E-state index in [-0.39, 0.29) is 18.2 Å². The SMILES string of the molecule is COc1ccc(-c2cnn3c2NC(=O)C3CC(=O)Nc2ccccc2)cc1OC. The number of carbonyl (C=O) groups excluding carboxylic acids is 2. The monoisotopic (exact) mass is 392 g/mol. The first-order valence-corrected chi connectivity index (χ1v) is 9.06. The molecule has 1 aliphatic rings. The van der Waals surface area contributed by atoms with Gasteiger partial charge in [0.05, 0.1) is 26.8 Å². The molecule has 4 rings (SSSR count). The third kappa shape index (κ3) is 3.52. The van der Waals surface area contributed by atoms with E-state index >= 15 is 0 Å². The molecule has 29 heavy (non-hydrogen) atoms. The number of aromatic nitrogens is 2. The highest BCUT2D eigenvalue weighted by molar-refractivity contribution is 6.04. The fourth-order valence-electron chi connectivity index (χ4n) is 3.34. The second-order valence-electron chi connectivity index (χ2n) is 6.54. The zero-order valence-electron chi connectivity index (χ0n) is 16.0. The predicted molar refractivity (Wildman–Crippen MR) is 108 cm³/mol. The third-order valence-electron chi connectivity index (χ3n) is 4.77. The van der Waals surface area contributed by atoms with E-state index < -0.39 is 6.04 Å². The zero-order chi connectivity index (χ0) is 20.4.